The molecule has 0 spiro atoms. The van der Waals surface area contributed by atoms with E-state index >= 15 is 0 Å². The molecule has 0 bridgehead atoms. The summed E-state index contributed by atoms with van der Waals surface area (Å²) in [6, 6.07) is 19.5. The lowest BCUT2D eigenvalue weighted by molar-refractivity contribution is -0.126. The second-order valence-electron chi connectivity index (χ2n) is 8.25. The maximum Gasteiger partial charge on any atom is 0.226 e. The van der Waals surface area contributed by atoms with Crippen molar-refractivity contribution in [3.63, 3.8) is 0 Å². The second kappa shape index (κ2) is 9.53. The minimum atomic E-state index is -0.0789. The number of hydrogen-bond acceptors (Lipinski definition) is 4. The van der Waals surface area contributed by atoms with Crippen LogP contribution in [-0.4, -0.2) is 36.5 Å². The molecule has 2 saturated heterocycles. The monoisotopic (exact) mass is 392 g/mol. The molecule has 2 heterocycles. The minimum Gasteiger partial charge on any atom is -0.353 e. The number of benzene rings is 2. The van der Waals surface area contributed by atoms with Gasteiger partial charge in [-0.05, 0) is 36.0 Å². The van der Waals surface area contributed by atoms with Crippen LogP contribution in [0.4, 0.5) is 0 Å². The van der Waals surface area contributed by atoms with Crippen molar-refractivity contribution >= 4 is 5.91 Å². The number of carbonyl (C=O) groups excluding carboxylic acids is 1. The fraction of sp³-hybridized carbons (Fsp3) is 0.458. The van der Waals surface area contributed by atoms with Gasteiger partial charge in [0.15, 0.2) is 0 Å². The molecule has 2 atom stereocenters. The van der Waals surface area contributed by atoms with Gasteiger partial charge < -0.3 is 5.32 Å². The van der Waals surface area contributed by atoms with Crippen molar-refractivity contribution in [3.05, 3.63) is 71.3 Å². The van der Waals surface area contributed by atoms with Gasteiger partial charge in [-0.2, -0.15) is 0 Å². The van der Waals surface area contributed by atoms with Crippen LogP contribution in [0.25, 0.3) is 0 Å². The Balaban J connectivity index is 1.28. The van der Waals surface area contributed by atoms with Crippen LogP contribution in [0, 0.1) is 5.92 Å². The number of amides is 1. The molecule has 2 aliphatic rings. The molecule has 154 valence electrons. The summed E-state index contributed by atoms with van der Waals surface area (Å²) in [4.78, 5) is 15.5. The Labute approximate surface area is 173 Å². The van der Waals surface area contributed by atoms with Gasteiger partial charge in [-0.1, -0.05) is 61.5 Å². The first kappa shape index (κ1) is 20.1. The molecule has 2 aromatic carbocycles. The van der Waals surface area contributed by atoms with E-state index in [1.807, 2.05) is 0 Å². The van der Waals surface area contributed by atoms with Gasteiger partial charge in [0.1, 0.15) is 0 Å². The summed E-state index contributed by atoms with van der Waals surface area (Å²) in [7, 11) is 0. The molecule has 1 amide bonds. The molecule has 0 saturated carbocycles. The van der Waals surface area contributed by atoms with E-state index in [4.69, 9.17) is 0 Å². The molecule has 2 fully saturated rings. The number of hydrazine groups is 1. The smallest absolute Gasteiger partial charge is 0.226 e. The summed E-state index contributed by atoms with van der Waals surface area (Å²) in [5, 5.41) is 3.32. The lowest BCUT2D eigenvalue weighted by Crippen LogP contribution is -2.47. The first-order valence-corrected chi connectivity index (χ1v) is 10.9. The summed E-state index contributed by atoms with van der Waals surface area (Å²) in [5.41, 5.74) is 10.3. The fourth-order valence-corrected chi connectivity index (χ4v) is 4.40. The van der Waals surface area contributed by atoms with E-state index in [2.05, 4.69) is 82.6 Å². The molecular weight excluding hydrogens is 360 g/mol. The van der Waals surface area contributed by atoms with Gasteiger partial charge in [-0.3, -0.25) is 15.1 Å². The van der Waals surface area contributed by atoms with E-state index in [9.17, 15) is 4.79 Å². The van der Waals surface area contributed by atoms with Crippen molar-refractivity contribution in [1.82, 2.24) is 21.1 Å². The predicted octanol–water partition coefficient (Wildman–Crippen LogP) is 2.79. The van der Waals surface area contributed by atoms with Gasteiger partial charge in [0.05, 0.1) is 12.0 Å². The van der Waals surface area contributed by atoms with Gasteiger partial charge in [0.2, 0.25) is 5.91 Å². The molecule has 0 radical (unpaired) electrons. The molecule has 0 aliphatic carbocycles. The zero-order chi connectivity index (χ0) is 20.1. The summed E-state index contributed by atoms with van der Waals surface area (Å²) in [6.07, 6.45) is 3.06. The average molecular weight is 393 g/mol. The standard InChI is InChI=1S/C24H32N4O/c1-2-18-8-10-20(11-9-18)23-22(16-25-27-23)24(29)26-21-12-14-28(15-13-21)17-19-6-4-3-5-7-19/h3-11,21-23,25,27H,2,12-17H2,1H3,(H,26,29). The third-order valence-corrected chi connectivity index (χ3v) is 6.25. The number of hydrogen-bond donors (Lipinski definition) is 3. The second-order valence-corrected chi connectivity index (χ2v) is 8.25. The van der Waals surface area contributed by atoms with Crippen molar-refractivity contribution in [2.75, 3.05) is 19.6 Å². The average Bonchev–Trinajstić information content (AvgIpc) is 3.26. The number of aryl methyl sites for hydroxylation is 1. The van der Waals surface area contributed by atoms with Gasteiger partial charge in [0, 0.05) is 32.2 Å². The van der Waals surface area contributed by atoms with Gasteiger partial charge >= 0.3 is 0 Å². The lowest BCUT2D eigenvalue weighted by Gasteiger charge is -2.33. The normalized spacial score (nSPS) is 23.2. The molecule has 5 heteroatoms. The Morgan fingerprint density at radius 3 is 2.45 bits per heavy atom. The van der Waals surface area contributed by atoms with Crippen LogP contribution in [0.3, 0.4) is 0 Å². The number of nitrogens with zero attached hydrogens (tertiary/aromatic N) is 1. The Hall–Kier alpha value is -2.21. The number of likely N-dealkylation sites (tertiary alicyclic amines) is 1. The molecule has 2 unspecified atom stereocenters. The number of carbonyl (C=O) groups is 1. The lowest BCUT2D eigenvalue weighted by atomic mass is 9.92. The van der Waals surface area contributed by atoms with Crippen LogP contribution < -0.4 is 16.2 Å². The Morgan fingerprint density at radius 2 is 1.76 bits per heavy atom. The minimum absolute atomic E-state index is 0.0269. The van der Waals surface area contributed by atoms with Crippen molar-refractivity contribution < 1.29 is 4.79 Å². The van der Waals surface area contributed by atoms with Gasteiger partial charge in [-0.15, -0.1) is 0 Å². The maximum atomic E-state index is 13.0. The molecule has 29 heavy (non-hydrogen) atoms. The largest absolute Gasteiger partial charge is 0.353 e. The van der Waals surface area contributed by atoms with Crippen LogP contribution in [0.1, 0.15) is 42.5 Å². The Morgan fingerprint density at radius 1 is 1.03 bits per heavy atom. The van der Waals surface area contributed by atoms with Crippen LogP contribution in [0.2, 0.25) is 0 Å². The van der Waals surface area contributed by atoms with Crippen LogP contribution in [0.5, 0.6) is 0 Å². The molecule has 2 aliphatic heterocycles. The van der Waals surface area contributed by atoms with Gasteiger partial charge in [-0.25, -0.2) is 5.43 Å². The quantitative estimate of drug-likeness (QED) is 0.708. The van der Waals surface area contributed by atoms with E-state index in [1.165, 1.54) is 16.7 Å². The first-order chi connectivity index (χ1) is 14.2. The Bertz CT molecular complexity index is 784. The first-order valence-electron chi connectivity index (χ1n) is 10.9. The van der Waals surface area contributed by atoms with E-state index in [-0.39, 0.29) is 23.9 Å². The summed E-state index contributed by atoms with van der Waals surface area (Å²) >= 11 is 0. The SMILES string of the molecule is CCc1ccc(C2NNCC2C(=O)NC2CCN(Cc3ccccc3)CC2)cc1. The molecule has 3 N–H and O–H groups in total. The Kier molecular flexibility index (Phi) is 6.60. The van der Waals surface area contributed by atoms with E-state index in [0.29, 0.717) is 6.54 Å². The van der Waals surface area contributed by atoms with E-state index in [0.717, 1.165) is 38.9 Å². The third-order valence-electron chi connectivity index (χ3n) is 6.25. The summed E-state index contributed by atoms with van der Waals surface area (Å²) < 4.78 is 0. The van der Waals surface area contributed by atoms with E-state index in [1.54, 1.807) is 0 Å². The molecule has 5 nitrogen and oxygen atoms in total. The van der Waals surface area contributed by atoms with E-state index < -0.39 is 0 Å². The predicted molar refractivity (Wildman–Crippen MR) is 116 cm³/mol. The molecule has 4 rings (SSSR count). The molecule has 0 aromatic heterocycles. The summed E-state index contributed by atoms with van der Waals surface area (Å²) in [6.45, 7) is 5.88. The zero-order valence-electron chi connectivity index (χ0n) is 17.2. The topological polar surface area (TPSA) is 56.4 Å². The number of piperidine rings is 1. The highest BCUT2D eigenvalue weighted by Gasteiger charge is 2.35. The van der Waals surface area contributed by atoms with Crippen molar-refractivity contribution in [3.8, 4) is 0 Å². The fourth-order valence-electron chi connectivity index (χ4n) is 4.40. The highest BCUT2D eigenvalue weighted by atomic mass is 16.2. The van der Waals surface area contributed by atoms with Crippen LogP contribution in [-0.2, 0) is 17.8 Å². The van der Waals surface area contributed by atoms with Crippen molar-refractivity contribution in [2.24, 2.45) is 5.92 Å². The summed E-state index contributed by atoms with van der Waals surface area (Å²) in [5.74, 6) is 0.0819. The number of nitrogens with one attached hydrogen (secondary N) is 3. The highest BCUT2D eigenvalue weighted by molar-refractivity contribution is 5.80. The number of rotatable bonds is 6. The van der Waals surface area contributed by atoms with Crippen LogP contribution >= 0.6 is 0 Å². The molecular formula is C24H32N4O. The zero-order valence-corrected chi connectivity index (χ0v) is 17.2. The van der Waals surface area contributed by atoms with Crippen LogP contribution in [0.15, 0.2) is 54.6 Å². The third kappa shape index (κ3) is 5.04. The van der Waals surface area contributed by atoms with Crippen molar-refractivity contribution in [1.29, 1.82) is 0 Å². The van der Waals surface area contributed by atoms with Crippen molar-refractivity contribution in [2.45, 2.75) is 44.8 Å². The van der Waals surface area contributed by atoms with Gasteiger partial charge in [0.25, 0.3) is 0 Å². The highest BCUT2D eigenvalue weighted by Crippen LogP contribution is 2.26. The maximum absolute atomic E-state index is 13.0. The molecule has 2 aromatic rings.